The molecule has 0 bridgehead atoms. The Morgan fingerprint density at radius 3 is 2.62 bits per heavy atom. The van der Waals surface area contributed by atoms with Crippen molar-refractivity contribution in [2.24, 2.45) is 5.92 Å². The van der Waals surface area contributed by atoms with Gasteiger partial charge in [-0.15, -0.1) is 11.8 Å². The minimum absolute atomic E-state index is 0.103. The predicted octanol–water partition coefficient (Wildman–Crippen LogP) is 1.99. The van der Waals surface area contributed by atoms with Crippen molar-refractivity contribution in [3.05, 3.63) is 29.8 Å². The number of piperidine rings is 1. The van der Waals surface area contributed by atoms with Crippen molar-refractivity contribution < 1.29 is 19.5 Å². The number of benzene rings is 1. The second kappa shape index (κ2) is 8.73. The van der Waals surface area contributed by atoms with Gasteiger partial charge in [0.15, 0.2) is 0 Å². The quantitative estimate of drug-likeness (QED) is 0.819. The first kappa shape index (κ1) is 18.3. The van der Waals surface area contributed by atoms with Gasteiger partial charge in [-0.1, -0.05) is 17.7 Å². The number of nitrogens with one attached hydrogen (secondary N) is 1. The number of likely N-dealkylation sites (tertiary alicyclic amines) is 1. The maximum atomic E-state index is 12.1. The molecule has 0 radical (unpaired) electrons. The lowest BCUT2D eigenvalue weighted by molar-refractivity contribution is -0.145. The minimum Gasteiger partial charge on any atom is -0.481 e. The summed E-state index contributed by atoms with van der Waals surface area (Å²) in [7, 11) is 0. The minimum atomic E-state index is -0.849. The topological polar surface area (TPSA) is 86.7 Å². The molecule has 7 heteroatoms. The Morgan fingerprint density at radius 2 is 1.96 bits per heavy atom. The maximum Gasteiger partial charge on any atom is 0.308 e. The largest absolute Gasteiger partial charge is 0.481 e. The van der Waals surface area contributed by atoms with Gasteiger partial charge in [-0.25, -0.2) is 0 Å². The molecule has 130 valence electrons. The summed E-state index contributed by atoms with van der Waals surface area (Å²) in [4.78, 5) is 36.6. The molecule has 24 heavy (non-hydrogen) atoms. The van der Waals surface area contributed by atoms with Crippen LogP contribution in [0.25, 0.3) is 0 Å². The summed E-state index contributed by atoms with van der Waals surface area (Å²) in [5.41, 5.74) is 1.85. The molecule has 1 aromatic carbocycles. The van der Waals surface area contributed by atoms with E-state index in [1.165, 1.54) is 11.8 Å². The van der Waals surface area contributed by atoms with Crippen molar-refractivity contribution in [3.8, 4) is 0 Å². The molecule has 1 unspecified atom stereocenters. The van der Waals surface area contributed by atoms with Gasteiger partial charge in [0.25, 0.3) is 0 Å². The normalized spacial score (nSPS) is 17.4. The summed E-state index contributed by atoms with van der Waals surface area (Å²) in [5, 5.41) is 11.8. The van der Waals surface area contributed by atoms with Gasteiger partial charge in [-0.2, -0.15) is 0 Å². The molecule has 1 fully saturated rings. The fourth-order valence-electron chi connectivity index (χ4n) is 2.56. The van der Waals surface area contributed by atoms with E-state index in [0.29, 0.717) is 19.4 Å². The van der Waals surface area contributed by atoms with Crippen LogP contribution in [-0.4, -0.2) is 52.4 Å². The highest BCUT2D eigenvalue weighted by Gasteiger charge is 2.27. The summed E-state index contributed by atoms with van der Waals surface area (Å²) in [5.74, 6) is -1.20. The summed E-state index contributed by atoms with van der Waals surface area (Å²) in [6, 6.07) is 7.51. The first-order valence-electron chi connectivity index (χ1n) is 7.90. The van der Waals surface area contributed by atoms with E-state index in [9.17, 15) is 14.4 Å². The zero-order valence-electron chi connectivity index (χ0n) is 13.7. The monoisotopic (exact) mass is 350 g/mol. The number of nitrogens with zero attached hydrogens (tertiary/aromatic N) is 1. The van der Waals surface area contributed by atoms with Crippen LogP contribution in [-0.2, 0) is 14.4 Å². The number of rotatable bonds is 6. The Balaban J connectivity index is 1.71. The molecule has 1 aromatic rings. The molecule has 0 aromatic heterocycles. The number of anilines is 1. The van der Waals surface area contributed by atoms with Gasteiger partial charge in [0.05, 0.1) is 17.4 Å². The maximum absolute atomic E-state index is 12.1. The third-order valence-electron chi connectivity index (χ3n) is 3.92. The summed E-state index contributed by atoms with van der Waals surface area (Å²) < 4.78 is 0. The number of thioether (sulfide) groups is 1. The fraction of sp³-hybridized carbons (Fsp3) is 0.471. The van der Waals surface area contributed by atoms with Crippen molar-refractivity contribution in [2.45, 2.75) is 19.8 Å². The van der Waals surface area contributed by atoms with Crippen LogP contribution >= 0.6 is 11.8 Å². The molecule has 0 saturated carbocycles. The van der Waals surface area contributed by atoms with Crippen LogP contribution in [0.1, 0.15) is 18.4 Å². The zero-order chi connectivity index (χ0) is 17.5. The number of carbonyl (C=O) groups is 3. The Bertz CT molecular complexity index is 603. The van der Waals surface area contributed by atoms with Gasteiger partial charge >= 0.3 is 5.97 Å². The van der Waals surface area contributed by atoms with Crippen LogP contribution in [0.3, 0.4) is 0 Å². The van der Waals surface area contributed by atoms with Crippen molar-refractivity contribution in [1.82, 2.24) is 4.90 Å². The van der Waals surface area contributed by atoms with Gasteiger partial charge in [0, 0.05) is 18.8 Å². The highest BCUT2D eigenvalue weighted by Crippen LogP contribution is 2.18. The molecular weight excluding hydrogens is 328 g/mol. The molecule has 1 atom stereocenters. The van der Waals surface area contributed by atoms with Gasteiger partial charge < -0.3 is 15.3 Å². The van der Waals surface area contributed by atoms with E-state index in [0.717, 1.165) is 11.3 Å². The van der Waals surface area contributed by atoms with E-state index < -0.39 is 11.9 Å². The first-order valence-corrected chi connectivity index (χ1v) is 9.06. The molecule has 0 aliphatic carbocycles. The molecule has 1 aliphatic heterocycles. The Morgan fingerprint density at radius 1 is 1.25 bits per heavy atom. The fourth-order valence-corrected chi connectivity index (χ4v) is 3.28. The van der Waals surface area contributed by atoms with Crippen molar-refractivity contribution in [2.75, 3.05) is 29.9 Å². The number of carboxylic acid groups (broad SMARTS) is 1. The van der Waals surface area contributed by atoms with E-state index in [2.05, 4.69) is 5.32 Å². The Labute approximate surface area is 145 Å². The van der Waals surface area contributed by atoms with E-state index in [1.807, 2.05) is 31.2 Å². The first-order chi connectivity index (χ1) is 11.5. The highest BCUT2D eigenvalue weighted by atomic mass is 32.2. The third-order valence-corrected chi connectivity index (χ3v) is 4.83. The summed E-state index contributed by atoms with van der Waals surface area (Å²) >= 11 is 1.24. The number of carboxylic acids is 1. The standard InChI is InChI=1S/C17H22N2O4S/c1-12-4-6-14(7-5-12)18-15(20)10-24-11-16(21)19-8-2-3-13(9-19)17(22)23/h4-7,13H,2-3,8-11H2,1H3,(H,18,20)(H,22,23). The average Bonchev–Trinajstić information content (AvgIpc) is 2.57. The van der Waals surface area contributed by atoms with Crippen LogP contribution < -0.4 is 5.32 Å². The zero-order valence-corrected chi connectivity index (χ0v) is 14.5. The molecule has 2 N–H and O–H groups in total. The van der Waals surface area contributed by atoms with E-state index >= 15 is 0 Å². The molecule has 0 spiro atoms. The number of carbonyl (C=O) groups excluding carboxylic acids is 2. The predicted molar refractivity (Wildman–Crippen MR) is 94.1 cm³/mol. The van der Waals surface area contributed by atoms with E-state index in [-0.39, 0.29) is 29.9 Å². The summed E-state index contributed by atoms with van der Waals surface area (Å²) in [6.45, 7) is 2.84. The molecule has 2 amide bonds. The molecule has 1 aliphatic rings. The van der Waals surface area contributed by atoms with Crippen LogP contribution in [0.5, 0.6) is 0 Å². The Hall–Kier alpha value is -2.02. The van der Waals surface area contributed by atoms with Gasteiger partial charge in [-0.05, 0) is 31.9 Å². The lowest BCUT2D eigenvalue weighted by atomic mass is 9.98. The lowest BCUT2D eigenvalue weighted by Crippen LogP contribution is -2.43. The van der Waals surface area contributed by atoms with Gasteiger partial charge in [0.2, 0.25) is 11.8 Å². The third kappa shape index (κ3) is 5.56. The molecular formula is C17H22N2O4S. The van der Waals surface area contributed by atoms with Crippen LogP contribution in [0.15, 0.2) is 24.3 Å². The number of amides is 2. The number of hydrogen-bond acceptors (Lipinski definition) is 4. The SMILES string of the molecule is Cc1ccc(NC(=O)CSCC(=O)N2CCCC(C(=O)O)C2)cc1. The van der Waals surface area contributed by atoms with E-state index in [1.54, 1.807) is 4.90 Å². The second-order valence-corrected chi connectivity index (χ2v) is 6.91. The Kier molecular flexibility index (Phi) is 6.66. The average molecular weight is 350 g/mol. The van der Waals surface area contributed by atoms with Crippen molar-refractivity contribution >= 4 is 35.2 Å². The molecule has 1 saturated heterocycles. The van der Waals surface area contributed by atoms with Gasteiger partial charge in [-0.3, -0.25) is 14.4 Å². The van der Waals surface area contributed by atoms with Crippen LogP contribution in [0.4, 0.5) is 5.69 Å². The lowest BCUT2D eigenvalue weighted by Gasteiger charge is -2.30. The van der Waals surface area contributed by atoms with Crippen LogP contribution in [0.2, 0.25) is 0 Å². The number of hydrogen-bond donors (Lipinski definition) is 2. The molecule has 2 rings (SSSR count). The molecule has 6 nitrogen and oxygen atoms in total. The highest BCUT2D eigenvalue weighted by molar-refractivity contribution is 8.00. The van der Waals surface area contributed by atoms with Crippen molar-refractivity contribution in [3.63, 3.8) is 0 Å². The molecule has 1 heterocycles. The summed E-state index contributed by atoms with van der Waals surface area (Å²) in [6.07, 6.45) is 1.33. The number of aryl methyl sites for hydroxylation is 1. The van der Waals surface area contributed by atoms with E-state index in [4.69, 9.17) is 5.11 Å². The van der Waals surface area contributed by atoms with Crippen LogP contribution in [0, 0.1) is 12.8 Å². The van der Waals surface area contributed by atoms with Crippen molar-refractivity contribution in [1.29, 1.82) is 0 Å². The number of aliphatic carboxylic acids is 1. The second-order valence-electron chi connectivity index (χ2n) is 5.92. The van der Waals surface area contributed by atoms with Gasteiger partial charge in [0.1, 0.15) is 0 Å². The smallest absolute Gasteiger partial charge is 0.308 e.